The lowest BCUT2D eigenvalue weighted by atomic mass is 10.1. The highest BCUT2D eigenvalue weighted by Crippen LogP contribution is 2.19. The summed E-state index contributed by atoms with van der Waals surface area (Å²) in [5.74, 6) is 0.573. The zero-order valence-corrected chi connectivity index (χ0v) is 8.64. The zero-order valence-electron chi connectivity index (χ0n) is 8.64. The molecule has 0 unspecified atom stereocenters. The van der Waals surface area contributed by atoms with Crippen LogP contribution in [0.3, 0.4) is 0 Å². The molecule has 2 nitrogen and oxygen atoms in total. The van der Waals surface area contributed by atoms with Gasteiger partial charge in [0.25, 0.3) is 0 Å². The predicted molar refractivity (Wildman–Crippen MR) is 55.2 cm³/mol. The average molecular weight is 197 g/mol. The fraction of sp³-hybridized carbons (Fsp3) is 0.455. The molecule has 0 radical (unpaired) electrons. The molecule has 1 aromatic rings. The molecule has 1 N–H and O–H groups in total. The van der Waals surface area contributed by atoms with Gasteiger partial charge in [0.2, 0.25) is 0 Å². The maximum Gasteiger partial charge on any atom is 0.123 e. The van der Waals surface area contributed by atoms with Crippen molar-refractivity contribution in [1.82, 2.24) is 5.32 Å². The summed E-state index contributed by atoms with van der Waals surface area (Å²) in [6, 6.07) is 4.64. The van der Waals surface area contributed by atoms with Gasteiger partial charge >= 0.3 is 0 Å². The fourth-order valence-electron chi connectivity index (χ4n) is 1.30. The van der Waals surface area contributed by atoms with Crippen molar-refractivity contribution >= 4 is 0 Å². The topological polar surface area (TPSA) is 21.3 Å². The molecule has 0 bridgehead atoms. The van der Waals surface area contributed by atoms with Crippen LogP contribution >= 0.6 is 0 Å². The molecule has 0 spiro atoms. The van der Waals surface area contributed by atoms with Crippen molar-refractivity contribution in [1.29, 1.82) is 0 Å². The maximum absolute atomic E-state index is 12.9. The lowest BCUT2D eigenvalue weighted by Gasteiger charge is -2.09. The molecule has 0 atom stereocenters. The van der Waals surface area contributed by atoms with E-state index in [2.05, 4.69) is 5.32 Å². The van der Waals surface area contributed by atoms with Crippen molar-refractivity contribution in [3.63, 3.8) is 0 Å². The molecule has 0 aliphatic rings. The van der Waals surface area contributed by atoms with Crippen molar-refractivity contribution in [2.45, 2.75) is 13.3 Å². The molecule has 1 rings (SSSR count). The molecule has 0 aliphatic carbocycles. The van der Waals surface area contributed by atoms with Gasteiger partial charge in [-0.3, -0.25) is 0 Å². The first-order valence-electron chi connectivity index (χ1n) is 4.83. The van der Waals surface area contributed by atoms with Gasteiger partial charge < -0.3 is 10.1 Å². The summed E-state index contributed by atoms with van der Waals surface area (Å²) >= 11 is 0. The minimum absolute atomic E-state index is 0.209. The quantitative estimate of drug-likeness (QED) is 0.779. The number of nitrogens with one attached hydrogen (secondary N) is 1. The van der Waals surface area contributed by atoms with Gasteiger partial charge in [0.1, 0.15) is 11.6 Å². The number of halogens is 1. The zero-order chi connectivity index (χ0) is 10.4. The van der Waals surface area contributed by atoms with E-state index in [4.69, 9.17) is 4.74 Å². The Labute approximate surface area is 84.1 Å². The van der Waals surface area contributed by atoms with Gasteiger partial charge in [0.15, 0.2) is 0 Å². The van der Waals surface area contributed by atoms with Crippen molar-refractivity contribution in [3.8, 4) is 5.75 Å². The van der Waals surface area contributed by atoms with E-state index in [0.717, 1.165) is 24.3 Å². The number of likely N-dealkylation sites (N-methyl/N-ethyl adjacent to an activating group) is 1. The molecular formula is C11H16FNO. The largest absolute Gasteiger partial charge is 0.494 e. The normalized spacial score (nSPS) is 10.2. The molecule has 14 heavy (non-hydrogen) atoms. The smallest absolute Gasteiger partial charge is 0.123 e. The Bertz CT molecular complexity index is 289. The van der Waals surface area contributed by atoms with Gasteiger partial charge in [-0.15, -0.1) is 0 Å². The Morgan fingerprint density at radius 1 is 1.43 bits per heavy atom. The van der Waals surface area contributed by atoms with Crippen molar-refractivity contribution in [3.05, 3.63) is 29.6 Å². The van der Waals surface area contributed by atoms with Crippen LogP contribution in [0.4, 0.5) is 4.39 Å². The van der Waals surface area contributed by atoms with E-state index in [-0.39, 0.29) is 5.82 Å². The summed E-state index contributed by atoms with van der Waals surface area (Å²) in [4.78, 5) is 0. The molecule has 0 amide bonds. The number of rotatable bonds is 5. The number of hydrogen-bond donors (Lipinski definition) is 1. The van der Waals surface area contributed by atoms with Gasteiger partial charge in [0.05, 0.1) is 6.61 Å². The highest BCUT2D eigenvalue weighted by atomic mass is 19.1. The van der Waals surface area contributed by atoms with Gasteiger partial charge in [-0.1, -0.05) is 0 Å². The van der Waals surface area contributed by atoms with Gasteiger partial charge in [0, 0.05) is 0 Å². The van der Waals surface area contributed by atoms with Crippen LogP contribution in [0, 0.1) is 5.82 Å². The highest BCUT2D eigenvalue weighted by Gasteiger charge is 2.04. The van der Waals surface area contributed by atoms with Crippen LogP contribution in [0.1, 0.15) is 12.5 Å². The van der Waals surface area contributed by atoms with Crippen LogP contribution in [0.25, 0.3) is 0 Å². The highest BCUT2D eigenvalue weighted by molar-refractivity contribution is 5.34. The third-order valence-corrected chi connectivity index (χ3v) is 1.97. The standard InChI is InChI=1S/C11H16FNO/c1-3-14-11-5-4-10(12)8-9(11)6-7-13-2/h4-5,8,13H,3,6-7H2,1-2H3. The Hall–Kier alpha value is -1.09. The maximum atomic E-state index is 12.9. The SMILES string of the molecule is CCOc1ccc(F)cc1CCNC. The van der Waals surface area contributed by atoms with E-state index < -0.39 is 0 Å². The van der Waals surface area contributed by atoms with Gasteiger partial charge in [-0.05, 0) is 50.7 Å². The molecule has 3 heteroatoms. The average Bonchev–Trinajstić information content (AvgIpc) is 2.18. The lowest BCUT2D eigenvalue weighted by Crippen LogP contribution is -2.11. The summed E-state index contributed by atoms with van der Waals surface area (Å²) in [6.07, 6.45) is 0.781. The summed E-state index contributed by atoms with van der Waals surface area (Å²) in [7, 11) is 1.87. The lowest BCUT2D eigenvalue weighted by molar-refractivity contribution is 0.335. The molecule has 0 aliphatic heterocycles. The van der Waals surface area contributed by atoms with E-state index in [0.29, 0.717) is 6.61 Å². The Morgan fingerprint density at radius 3 is 2.86 bits per heavy atom. The second-order valence-corrected chi connectivity index (χ2v) is 3.04. The number of ether oxygens (including phenoxy) is 1. The van der Waals surface area contributed by atoms with Crippen molar-refractivity contribution < 1.29 is 9.13 Å². The first-order valence-corrected chi connectivity index (χ1v) is 4.83. The second-order valence-electron chi connectivity index (χ2n) is 3.04. The first-order chi connectivity index (χ1) is 6.77. The molecule has 0 aromatic heterocycles. The van der Waals surface area contributed by atoms with E-state index in [1.54, 1.807) is 6.07 Å². The Kier molecular flexibility index (Phi) is 4.40. The summed E-state index contributed by atoms with van der Waals surface area (Å²) in [5.41, 5.74) is 0.918. The van der Waals surface area contributed by atoms with Gasteiger partial charge in [-0.2, -0.15) is 0 Å². The first kappa shape index (κ1) is 11.0. The fourth-order valence-corrected chi connectivity index (χ4v) is 1.30. The van der Waals surface area contributed by atoms with E-state index in [9.17, 15) is 4.39 Å². The van der Waals surface area contributed by atoms with Crippen LogP contribution in [-0.4, -0.2) is 20.2 Å². The number of benzene rings is 1. The Balaban J connectivity index is 2.79. The molecule has 0 saturated heterocycles. The van der Waals surface area contributed by atoms with E-state index in [1.807, 2.05) is 14.0 Å². The molecular weight excluding hydrogens is 181 g/mol. The van der Waals surface area contributed by atoms with Crippen LogP contribution in [0.2, 0.25) is 0 Å². The minimum atomic E-state index is -0.209. The molecule has 0 heterocycles. The van der Waals surface area contributed by atoms with Crippen LogP contribution in [-0.2, 0) is 6.42 Å². The molecule has 78 valence electrons. The third kappa shape index (κ3) is 3.00. The minimum Gasteiger partial charge on any atom is -0.494 e. The molecule has 0 fully saturated rings. The summed E-state index contributed by atoms with van der Waals surface area (Å²) in [5, 5.41) is 3.03. The summed E-state index contributed by atoms with van der Waals surface area (Å²) < 4.78 is 18.3. The number of hydrogen-bond acceptors (Lipinski definition) is 2. The molecule has 1 aromatic carbocycles. The second kappa shape index (κ2) is 5.60. The van der Waals surface area contributed by atoms with Crippen LogP contribution in [0.5, 0.6) is 5.75 Å². The molecule has 0 saturated carbocycles. The van der Waals surface area contributed by atoms with Gasteiger partial charge in [-0.25, -0.2) is 4.39 Å². The van der Waals surface area contributed by atoms with E-state index >= 15 is 0 Å². The third-order valence-electron chi connectivity index (χ3n) is 1.97. The Morgan fingerprint density at radius 2 is 2.21 bits per heavy atom. The summed E-state index contributed by atoms with van der Waals surface area (Å²) in [6.45, 7) is 3.35. The predicted octanol–water partition coefficient (Wildman–Crippen LogP) is 1.99. The van der Waals surface area contributed by atoms with Crippen molar-refractivity contribution in [2.24, 2.45) is 0 Å². The van der Waals surface area contributed by atoms with Crippen LogP contribution in [0.15, 0.2) is 18.2 Å². The monoisotopic (exact) mass is 197 g/mol. The van der Waals surface area contributed by atoms with Crippen molar-refractivity contribution in [2.75, 3.05) is 20.2 Å². The van der Waals surface area contributed by atoms with Crippen LogP contribution < -0.4 is 10.1 Å². The van der Waals surface area contributed by atoms with E-state index in [1.165, 1.54) is 12.1 Å².